The first-order valence-electron chi connectivity index (χ1n) is 10.6. The minimum atomic E-state index is -0.667. The number of hydrogen-bond donors (Lipinski definition) is 2. The number of nitrogens with two attached hydrogens (primary N) is 1. The van der Waals surface area contributed by atoms with Gasteiger partial charge < -0.3 is 15.4 Å². The van der Waals surface area contributed by atoms with Crippen molar-refractivity contribution in [1.82, 2.24) is 4.57 Å². The molecule has 7 heteroatoms. The van der Waals surface area contributed by atoms with Crippen molar-refractivity contribution in [3.63, 3.8) is 0 Å². The Hall–Kier alpha value is -3.35. The summed E-state index contributed by atoms with van der Waals surface area (Å²) in [6, 6.07) is 21.0. The topological polar surface area (TPSA) is 80.6 Å². The van der Waals surface area contributed by atoms with Crippen molar-refractivity contribution in [3.05, 3.63) is 98.6 Å². The van der Waals surface area contributed by atoms with Crippen LogP contribution in [0.3, 0.4) is 0 Å². The van der Waals surface area contributed by atoms with Crippen LogP contribution in [0, 0.1) is 6.92 Å². The van der Waals surface area contributed by atoms with Gasteiger partial charge in [0.05, 0.1) is 16.9 Å². The van der Waals surface area contributed by atoms with E-state index in [1.54, 1.807) is 12.1 Å². The minimum absolute atomic E-state index is 0.0957. The van der Waals surface area contributed by atoms with E-state index >= 15 is 0 Å². The van der Waals surface area contributed by atoms with Crippen LogP contribution < -0.4 is 10.5 Å². The molecular formula is C26H24ClN3O2S. The molecule has 3 N–H and O–H groups in total. The molecular weight excluding hydrogens is 454 g/mol. The summed E-state index contributed by atoms with van der Waals surface area (Å²) >= 11 is 7.82. The molecule has 0 aliphatic carbocycles. The first-order chi connectivity index (χ1) is 15.9. The number of primary amides is 1. The fourth-order valence-corrected chi connectivity index (χ4v) is 4.74. The van der Waals surface area contributed by atoms with Crippen LogP contribution in [0.15, 0.2) is 77.1 Å². The number of carbonyl (C=O) groups excluding carboxylic acids is 1. The lowest BCUT2D eigenvalue weighted by atomic mass is 10.1. The lowest BCUT2D eigenvalue weighted by Crippen LogP contribution is -2.17. The molecule has 1 aromatic heterocycles. The Balaban J connectivity index is 1.75. The molecule has 33 heavy (non-hydrogen) atoms. The predicted molar refractivity (Wildman–Crippen MR) is 134 cm³/mol. The van der Waals surface area contributed by atoms with Crippen LogP contribution in [0.5, 0.6) is 5.75 Å². The standard InChI is InChI=1S/C26H24ClN3O2S/c1-17-9-11-20(15-22(17)27)29-26-30(13-5-8-18-6-3-2-4-7-18)23(16-33-26)19-10-12-24(31)21(14-19)25(28)32/h2-4,6-7,9-12,14-16,31H,5,8,13H2,1H3,(H2,28,32). The van der Waals surface area contributed by atoms with E-state index in [1.165, 1.54) is 23.0 Å². The van der Waals surface area contributed by atoms with Crippen LogP contribution in [0.25, 0.3) is 11.3 Å². The summed E-state index contributed by atoms with van der Waals surface area (Å²) in [5.41, 5.74) is 10.3. The van der Waals surface area contributed by atoms with Crippen LogP contribution in [0.4, 0.5) is 5.69 Å². The normalized spacial score (nSPS) is 11.6. The SMILES string of the molecule is Cc1ccc(N=c2scc(-c3ccc(O)c(C(N)=O)c3)n2CCCc2ccccc2)cc1Cl. The van der Waals surface area contributed by atoms with Crippen LogP contribution in [0.1, 0.15) is 27.9 Å². The minimum Gasteiger partial charge on any atom is -0.507 e. The molecule has 0 saturated carbocycles. The molecule has 0 radical (unpaired) electrons. The van der Waals surface area contributed by atoms with Gasteiger partial charge in [0.1, 0.15) is 5.75 Å². The van der Waals surface area contributed by atoms with Gasteiger partial charge in [-0.05, 0) is 61.2 Å². The molecule has 5 nitrogen and oxygen atoms in total. The van der Waals surface area contributed by atoms with E-state index in [2.05, 4.69) is 16.7 Å². The molecule has 1 heterocycles. The van der Waals surface area contributed by atoms with Gasteiger partial charge in [0.15, 0.2) is 4.80 Å². The van der Waals surface area contributed by atoms with Gasteiger partial charge in [-0.15, -0.1) is 11.3 Å². The van der Waals surface area contributed by atoms with Gasteiger partial charge in [-0.2, -0.15) is 0 Å². The van der Waals surface area contributed by atoms with Crippen molar-refractivity contribution < 1.29 is 9.90 Å². The number of phenols is 1. The van der Waals surface area contributed by atoms with Crippen molar-refractivity contribution in [1.29, 1.82) is 0 Å². The number of hydrogen-bond acceptors (Lipinski definition) is 4. The number of thiazole rings is 1. The van der Waals surface area contributed by atoms with Crippen molar-refractivity contribution in [2.75, 3.05) is 0 Å². The lowest BCUT2D eigenvalue weighted by molar-refractivity contribution is 0.0998. The molecule has 0 saturated heterocycles. The van der Waals surface area contributed by atoms with E-state index in [0.29, 0.717) is 5.02 Å². The maximum atomic E-state index is 11.8. The van der Waals surface area contributed by atoms with Crippen LogP contribution in [0.2, 0.25) is 5.02 Å². The summed E-state index contributed by atoms with van der Waals surface area (Å²) in [5, 5.41) is 12.7. The van der Waals surface area contributed by atoms with E-state index in [4.69, 9.17) is 22.3 Å². The van der Waals surface area contributed by atoms with Gasteiger partial charge in [0, 0.05) is 22.5 Å². The molecule has 1 amide bonds. The number of benzene rings is 3. The van der Waals surface area contributed by atoms with E-state index in [-0.39, 0.29) is 11.3 Å². The first-order valence-corrected chi connectivity index (χ1v) is 11.8. The Kier molecular flexibility index (Phi) is 6.96. The monoisotopic (exact) mass is 477 g/mol. The van der Waals surface area contributed by atoms with Gasteiger partial charge >= 0.3 is 0 Å². The third-order valence-electron chi connectivity index (χ3n) is 5.43. The van der Waals surface area contributed by atoms with Crippen molar-refractivity contribution >= 4 is 34.5 Å². The van der Waals surface area contributed by atoms with Crippen LogP contribution >= 0.6 is 22.9 Å². The van der Waals surface area contributed by atoms with Gasteiger partial charge in [-0.3, -0.25) is 4.79 Å². The average molecular weight is 478 g/mol. The Morgan fingerprint density at radius 1 is 1.12 bits per heavy atom. The lowest BCUT2D eigenvalue weighted by Gasteiger charge is -2.11. The molecule has 0 bridgehead atoms. The zero-order chi connectivity index (χ0) is 23.4. The second kappa shape index (κ2) is 10.1. The molecule has 4 aromatic rings. The zero-order valence-electron chi connectivity index (χ0n) is 18.2. The number of aromatic hydroxyl groups is 1. The second-order valence-corrected chi connectivity index (χ2v) is 9.03. The molecule has 0 fully saturated rings. The maximum absolute atomic E-state index is 11.8. The molecule has 0 spiro atoms. The van der Waals surface area contributed by atoms with E-state index < -0.39 is 5.91 Å². The Labute approximate surface area is 201 Å². The van der Waals surface area contributed by atoms with E-state index in [0.717, 1.165) is 46.7 Å². The second-order valence-electron chi connectivity index (χ2n) is 7.79. The van der Waals surface area contributed by atoms with Gasteiger partial charge in [0.25, 0.3) is 5.91 Å². The number of rotatable bonds is 7. The third kappa shape index (κ3) is 5.35. The molecule has 0 unspecified atom stereocenters. The number of nitrogens with zero attached hydrogens (tertiary/aromatic N) is 2. The van der Waals surface area contributed by atoms with Gasteiger partial charge in [-0.1, -0.05) is 48.0 Å². The Morgan fingerprint density at radius 2 is 1.91 bits per heavy atom. The van der Waals surface area contributed by atoms with Gasteiger partial charge in [0.2, 0.25) is 0 Å². The van der Waals surface area contributed by atoms with Gasteiger partial charge in [-0.25, -0.2) is 4.99 Å². The van der Waals surface area contributed by atoms with Crippen molar-refractivity contribution in [3.8, 4) is 17.0 Å². The van der Waals surface area contributed by atoms with Crippen molar-refractivity contribution in [2.45, 2.75) is 26.3 Å². The quantitative estimate of drug-likeness (QED) is 0.350. The number of carbonyl (C=O) groups is 1. The molecule has 0 aliphatic heterocycles. The summed E-state index contributed by atoms with van der Waals surface area (Å²) in [7, 11) is 0. The number of aryl methyl sites for hydroxylation is 2. The predicted octanol–water partition coefficient (Wildman–Crippen LogP) is 5.85. The highest BCUT2D eigenvalue weighted by atomic mass is 35.5. The van der Waals surface area contributed by atoms with Crippen LogP contribution in [-0.2, 0) is 13.0 Å². The Bertz CT molecular complexity index is 1360. The summed E-state index contributed by atoms with van der Waals surface area (Å²) in [4.78, 5) is 17.4. The first kappa shape index (κ1) is 22.8. The number of aromatic nitrogens is 1. The average Bonchev–Trinajstić information content (AvgIpc) is 3.19. The molecule has 4 rings (SSSR count). The summed E-state index contributed by atoms with van der Waals surface area (Å²) in [5.74, 6) is -0.796. The fourth-order valence-electron chi connectivity index (χ4n) is 3.61. The smallest absolute Gasteiger partial charge is 0.252 e. The highest BCUT2D eigenvalue weighted by molar-refractivity contribution is 7.07. The molecule has 168 valence electrons. The third-order valence-corrected chi connectivity index (χ3v) is 6.70. The molecule has 3 aromatic carbocycles. The van der Waals surface area contributed by atoms with Crippen LogP contribution in [-0.4, -0.2) is 15.6 Å². The summed E-state index contributed by atoms with van der Waals surface area (Å²) in [6.45, 7) is 2.69. The maximum Gasteiger partial charge on any atom is 0.252 e. The van der Waals surface area contributed by atoms with Crippen molar-refractivity contribution in [2.24, 2.45) is 10.7 Å². The highest BCUT2D eigenvalue weighted by Crippen LogP contribution is 2.27. The Morgan fingerprint density at radius 3 is 2.64 bits per heavy atom. The number of halogens is 1. The zero-order valence-corrected chi connectivity index (χ0v) is 19.7. The molecule has 0 atom stereocenters. The van der Waals surface area contributed by atoms with E-state index in [1.807, 2.05) is 48.7 Å². The van der Waals surface area contributed by atoms with E-state index in [9.17, 15) is 9.90 Å². The largest absolute Gasteiger partial charge is 0.507 e. The summed E-state index contributed by atoms with van der Waals surface area (Å²) < 4.78 is 2.14. The summed E-state index contributed by atoms with van der Waals surface area (Å²) in [6.07, 6.45) is 1.84. The molecule has 0 aliphatic rings. The number of amides is 1. The fraction of sp³-hybridized carbons (Fsp3) is 0.154. The highest BCUT2D eigenvalue weighted by Gasteiger charge is 2.13.